The van der Waals surface area contributed by atoms with Gasteiger partial charge in [0.15, 0.2) is 6.29 Å². The van der Waals surface area contributed by atoms with Crippen molar-refractivity contribution in [2.24, 2.45) is 23.2 Å². The molecule has 2 aliphatic heterocycles. The van der Waals surface area contributed by atoms with E-state index in [1.165, 1.54) is 0 Å². The highest BCUT2D eigenvalue weighted by molar-refractivity contribution is 5.90. The molecule has 1 aliphatic carbocycles. The number of aliphatic hydroxyl groups excluding tert-OH is 1. The smallest absolute Gasteiger partial charge is 0.334 e. The summed E-state index contributed by atoms with van der Waals surface area (Å²) in [6, 6.07) is 0. The van der Waals surface area contributed by atoms with Crippen molar-refractivity contribution in [1.29, 1.82) is 0 Å². The van der Waals surface area contributed by atoms with Gasteiger partial charge in [0.1, 0.15) is 6.10 Å². The molecule has 0 aromatic heterocycles. The summed E-state index contributed by atoms with van der Waals surface area (Å²) in [6.07, 6.45) is 1.74. The Bertz CT molecular complexity index is 418. The molecular weight excluding hydrogens is 244 g/mol. The first-order valence-corrected chi connectivity index (χ1v) is 7.16. The molecule has 1 saturated carbocycles. The first-order chi connectivity index (χ1) is 8.97. The van der Waals surface area contributed by atoms with Crippen LogP contribution in [-0.2, 0) is 14.3 Å². The highest BCUT2D eigenvalue weighted by atomic mass is 16.6. The molecule has 3 fully saturated rings. The number of ether oxygens (including phenoxy) is 2. The summed E-state index contributed by atoms with van der Waals surface area (Å²) in [7, 11) is 0. The fourth-order valence-electron chi connectivity index (χ4n) is 4.44. The molecule has 2 saturated heterocycles. The van der Waals surface area contributed by atoms with Crippen molar-refractivity contribution in [1.82, 2.24) is 0 Å². The molecule has 2 heterocycles. The first-order valence-electron chi connectivity index (χ1n) is 7.16. The number of rotatable bonds is 1. The minimum atomic E-state index is -0.754. The lowest BCUT2D eigenvalue weighted by Crippen LogP contribution is -2.49. The largest absolute Gasteiger partial charge is 0.458 e. The van der Waals surface area contributed by atoms with Gasteiger partial charge in [-0.05, 0) is 24.7 Å². The predicted octanol–water partition coefficient (Wildman–Crippen LogP) is 1.88. The van der Waals surface area contributed by atoms with Gasteiger partial charge in [-0.1, -0.05) is 26.8 Å². The van der Waals surface area contributed by atoms with Crippen LogP contribution in [0.4, 0.5) is 0 Å². The second kappa shape index (κ2) is 4.32. The highest BCUT2D eigenvalue weighted by Gasteiger charge is 2.56. The van der Waals surface area contributed by atoms with Crippen molar-refractivity contribution in [2.45, 2.75) is 45.5 Å². The fraction of sp³-hybridized carbons (Fsp3) is 0.800. The molecule has 2 bridgehead atoms. The molecule has 106 valence electrons. The number of esters is 1. The summed E-state index contributed by atoms with van der Waals surface area (Å²) in [5.41, 5.74) is 0.259. The Labute approximate surface area is 113 Å². The van der Waals surface area contributed by atoms with Gasteiger partial charge in [0, 0.05) is 16.9 Å². The molecule has 4 nitrogen and oxygen atoms in total. The Hall–Kier alpha value is -0.870. The van der Waals surface area contributed by atoms with E-state index in [-0.39, 0.29) is 23.4 Å². The van der Waals surface area contributed by atoms with E-state index in [0.29, 0.717) is 24.0 Å². The summed E-state index contributed by atoms with van der Waals surface area (Å²) in [5, 5.41) is 10.3. The Morgan fingerprint density at radius 2 is 2.26 bits per heavy atom. The molecule has 0 amide bonds. The average molecular weight is 266 g/mol. The Kier molecular flexibility index (Phi) is 2.98. The molecule has 0 aromatic carbocycles. The molecule has 4 heteroatoms. The van der Waals surface area contributed by atoms with Gasteiger partial charge >= 0.3 is 5.97 Å². The van der Waals surface area contributed by atoms with E-state index in [1.54, 1.807) is 0 Å². The van der Waals surface area contributed by atoms with Crippen molar-refractivity contribution >= 4 is 5.97 Å². The minimum Gasteiger partial charge on any atom is -0.458 e. The number of carbonyl (C=O) groups is 1. The summed E-state index contributed by atoms with van der Waals surface area (Å²) < 4.78 is 11.0. The van der Waals surface area contributed by atoms with Crippen molar-refractivity contribution < 1.29 is 19.4 Å². The Morgan fingerprint density at radius 3 is 2.95 bits per heavy atom. The van der Waals surface area contributed by atoms with Crippen LogP contribution in [0.1, 0.15) is 33.1 Å². The second-order valence-corrected chi connectivity index (χ2v) is 6.48. The van der Waals surface area contributed by atoms with E-state index in [0.717, 1.165) is 19.3 Å². The predicted molar refractivity (Wildman–Crippen MR) is 69.1 cm³/mol. The van der Waals surface area contributed by atoms with Crippen molar-refractivity contribution in [3.8, 4) is 0 Å². The SMILES string of the molecule is C=C1C(=O)O[C@H]2C[C@H]3CO[C@H](O)[C@@](C)(C[C@H]12)[C@H]3CC. The van der Waals surface area contributed by atoms with E-state index < -0.39 is 6.29 Å². The van der Waals surface area contributed by atoms with E-state index in [9.17, 15) is 9.90 Å². The molecule has 19 heavy (non-hydrogen) atoms. The molecule has 0 aromatic rings. The number of fused-ring (bicyclic) bond motifs is 3. The molecule has 0 unspecified atom stereocenters. The van der Waals surface area contributed by atoms with Crippen LogP contribution >= 0.6 is 0 Å². The van der Waals surface area contributed by atoms with Crippen LogP contribution in [0.25, 0.3) is 0 Å². The zero-order valence-corrected chi connectivity index (χ0v) is 11.6. The Balaban J connectivity index is 1.98. The third kappa shape index (κ3) is 1.77. The van der Waals surface area contributed by atoms with E-state index in [2.05, 4.69) is 20.4 Å². The van der Waals surface area contributed by atoms with Crippen LogP contribution in [0.2, 0.25) is 0 Å². The molecule has 6 atom stereocenters. The van der Waals surface area contributed by atoms with Crippen LogP contribution in [0.15, 0.2) is 12.2 Å². The second-order valence-electron chi connectivity index (χ2n) is 6.48. The van der Waals surface area contributed by atoms with Gasteiger partial charge in [-0.2, -0.15) is 0 Å². The van der Waals surface area contributed by atoms with Crippen LogP contribution in [0.3, 0.4) is 0 Å². The number of hydrogen-bond donors (Lipinski definition) is 1. The summed E-state index contributed by atoms with van der Waals surface area (Å²) >= 11 is 0. The fourth-order valence-corrected chi connectivity index (χ4v) is 4.44. The lowest BCUT2D eigenvalue weighted by atomic mass is 9.65. The monoisotopic (exact) mass is 266 g/mol. The molecular formula is C15H22O4. The third-order valence-electron chi connectivity index (χ3n) is 5.50. The number of hydrogen-bond acceptors (Lipinski definition) is 4. The lowest BCUT2D eigenvalue weighted by molar-refractivity contribution is -0.240. The first kappa shape index (κ1) is 13.1. The maximum atomic E-state index is 11.7. The van der Waals surface area contributed by atoms with Gasteiger partial charge in [-0.15, -0.1) is 0 Å². The summed E-state index contributed by atoms with van der Waals surface area (Å²) in [4.78, 5) is 11.7. The van der Waals surface area contributed by atoms with Gasteiger partial charge in [0.25, 0.3) is 0 Å². The number of carbonyl (C=O) groups excluding carboxylic acids is 1. The Morgan fingerprint density at radius 1 is 1.53 bits per heavy atom. The topological polar surface area (TPSA) is 55.8 Å². The van der Waals surface area contributed by atoms with E-state index >= 15 is 0 Å². The molecule has 3 rings (SSSR count). The van der Waals surface area contributed by atoms with Crippen molar-refractivity contribution in [3.05, 3.63) is 12.2 Å². The molecule has 3 aliphatic rings. The summed E-state index contributed by atoms with van der Waals surface area (Å²) in [6.45, 7) is 8.69. The normalized spacial score (nSPS) is 49.5. The maximum absolute atomic E-state index is 11.7. The molecule has 1 N–H and O–H groups in total. The van der Waals surface area contributed by atoms with Gasteiger partial charge in [0.2, 0.25) is 0 Å². The van der Waals surface area contributed by atoms with Crippen LogP contribution in [-0.4, -0.2) is 30.1 Å². The zero-order chi connectivity index (χ0) is 13.8. The van der Waals surface area contributed by atoms with Crippen molar-refractivity contribution in [3.63, 3.8) is 0 Å². The van der Waals surface area contributed by atoms with Gasteiger partial charge in [-0.25, -0.2) is 4.79 Å². The summed E-state index contributed by atoms with van der Waals surface area (Å²) in [5.74, 6) is 0.537. The molecule has 0 radical (unpaired) electrons. The van der Waals surface area contributed by atoms with Crippen LogP contribution in [0, 0.1) is 23.2 Å². The quantitative estimate of drug-likeness (QED) is 0.581. The lowest BCUT2D eigenvalue weighted by Gasteiger charge is -2.47. The minimum absolute atomic E-state index is 0.0351. The number of aliphatic hydroxyl groups is 1. The van der Waals surface area contributed by atoms with E-state index in [1.807, 2.05) is 0 Å². The third-order valence-corrected chi connectivity index (χ3v) is 5.50. The maximum Gasteiger partial charge on any atom is 0.334 e. The zero-order valence-electron chi connectivity index (χ0n) is 11.6. The van der Waals surface area contributed by atoms with E-state index in [4.69, 9.17) is 9.47 Å². The van der Waals surface area contributed by atoms with Gasteiger partial charge in [0.05, 0.1) is 6.61 Å². The highest BCUT2D eigenvalue weighted by Crippen LogP contribution is 2.54. The van der Waals surface area contributed by atoms with Crippen LogP contribution < -0.4 is 0 Å². The standard InChI is InChI=1S/C15H22O4/c1-4-11-9-5-12-10(8(2)13(16)19-12)6-15(11,3)14(17)18-7-9/h9-12,14,17H,2,4-7H2,1,3H3/t9-,10+,11-,12-,14-,15-/m0/s1. The van der Waals surface area contributed by atoms with Gasteiger partial charge in [-0.3, -0.25) is 0 Å². The average Bonchev–Trinajstić information content (AvgIpc) is 2.57. The van der Waals surface area contributed by atoms with Crippen molar-refractivity contribution in [2.75, 3.05) is 6.61 Å². The van der Waals surface area contributed by atoms with Crippen LogP contribution in [0.5, 0.6) is 0 Å². The van der Waals surface area contributed by atoms with Gasteiger partial charge < -0.3 is 14.6 Å². The molecule has 0 spiro atoms.